The quantitative estimate of drug-likeness (QED) is 0.690. The predicted molar refractivity (Wildman–Crippen MR) is 60.9 cm³/mol. The standard InChI is InChI=1S/C13H22O3/c1-9(2)11(12(14)15-3)13(7-16-8-13)10-5-4-6-10/h9-11H,4-8H2,1-3H3. The van der Waals surface area contributed by atoms with Crippen molar-refractivity contribution in [2.45, 2.75) is 33.1 Å². The summed E-state index contributed by atoms with van der Waals surface area (Å²) in [4.78, 5) is 12.0. The maximum atomic E-state index is 12.0. The van der Waals surface area contributed by atoms with Crippen molar-refractivity contribution in [3.63, 3.8) is 0 Å². The molecular weight excluding hydrogens is 204 g/mol. The fraction of sp³-hybridized carbons (Fsp3) is 0.923. The minimum atomic E-state index is -0.0507. The summed E-state index contributed by atoms with van der Waals surface area (Å²) in [7, 11) is 1.49. The molecular formula is C13H22O3. The Bertz CT molecular complexity index is 264. The van der Waals surface area contributed by atoms with Gasteiger partial charge in [-0.15, -0.1) is 0 Å². The molecule has 1 saturated carbocycles. The number of esters is 1. The smallest absolute Gasteiger partial charge is 0.309 e. The summed E-state index contributed by atoms with van der Waals surface area (Å²) in [6.07, 6.45) is 3.81. The van der Waals surface area contributed by atoms with Gasteiger partial charge in [-0.3, -0.25) is 4.79 Å². The van der Waals surface area contributed by atoms with E-state index in [1.165, 1.54) is 26.4 Å². The van der Waals surface area contributed by atoms with Crippen LogP contribution < -0.4 is 0 Å². The molecule has 16 heavy (non-hydrogen) atoms. The molecule has 2 fully saturated rings. The number of methoxy groups -OCH3 is 1. The molecule has 0 N–H and O–H groups in total. The van der Waals surface area contributed by atoms with Crippen molar-refractivity contribution >= 4 is 5.97 Å². The van der Waals surface area contributed by atoms with Crippen LogP contribution in [-0.4, -0.2) is 26.3 Å². The number of rotatable bonds is 4. The molecule has 0 spiro atoms. The van der Waals surface area contributed by atoms with E-state index in [1.54, 1.807) is 0 Å². The Kier molecular flexibility index (Phi) is 3.24. The summed E-state index contributed by atoms with van der Waals surface area (Å²) in [5.41, 5.74) is 0.0828. The van der Waals surface area contributed by atoms with Crippen LogP contribution in [0.2, 0.25) is 0 Å². The zero-order valence-electron chi connectivity index (χ0n) is 10.5. The third kappa shape index (κ3) is 1.65. The molecule has 0 radical (unpaired) electrons. The van der Waals surface area contributed by atoms with Crippen molar-refractivity contribution in [3.05, 3.63) is 0 Å². The van der Waals surface area contributed by atoms with Crippen molar-refractivity contribution in [1.82, 2.24) is 0 Å². The Hall–Kier alpha value is -0.570. The average molecular weight is 226 g/mol. The van der Waals surface area contributed by atoms with E-state index in [9.17, 15) is 4.79 Å². The first-order valence-electron chi connectivity index (χ1n) is 6.27. The van der Waals surface area contributed by atoms with Crippen LogP contribution in [0.1, 0.15) is 33.1 Å². The number of carbonyl (C=O) groups is 1. The Balaban J connectivity index is 2.18. The highest BCUT2D eigenvalue weighted by Crippen LogP contribution is 2.53. The van der Waals surface area contributed by atoms with E-state index >= 15 is 0 Å². The van der Waals surface area contributed by atoms with Gasteiger partial charge < -0.3 is 9.47 Å². The van der Waals surface area contributed by atoms with Crippen LogP contribution in [0.3, 0.4) is 0 Å². The Morgan fingerprint density at radius 2 is 2.00 bits per heavy atom. The number of carbonyl (C=O) groups excluding carboxylic acids is 1. The van der Waals surface area contributed by atoms with E-state index in [4.69, 9.17) is 9.47 Å². The maximum Gasteiger partial charge on any atom is 0.309 e. The van der Waals surface area contributed by atoms with Crippen molar-refractivity contribution in [2.24, 2.45) is 23.2 Å². The molecule has 0 aromatic rings. The van der Waals surface area contributed by atoms with E-state index in [2.05, 4.69) is 13.8 Å². The van der Waals surface area contributed by atoms with Gasteiger partial charge in [-0.05, 0) is 24.7 Å². The van der Waals surface area contributed by atoms with Crippen LogP contribution in [0.15, 0.2) is 0 Å². The van der Waals surface area contributed by atoms with Crippen LogP contribution >= 0.6 is 0 Å². The minimum Gasteiger partial charge on any atom is -0.469 e. The first-order chi connectivity index (χ1) is 7.62. The summed E-state index contributed by atoms with van der Waals surface area (Å²) in [5, 5.41) is 0. The zero-order valence-corrected chi connectivity index (χ0v) is 10.5. The topological polar surface area (TPSA) is 35.5 Å². The second kappa shape index (κ2) is 4.36. The Labute approximate surface area is 97.5 Å². The summed E-state index contributed by atoms with van der Waals surface area (Å²) < 4.78 is 10.4. The SMILES string of the molecule is COC(=O)C(C(C)C)C1(C2CCC2)COC1. The number of ether oxygens (including phenoxy) is 2. The first kappa shape index (κ1) is 11.9. The van der Waals surface area contributed by atoms with Gasteiger partial charge >= 0.3 is 5.97 Å². The lowest BCUT2D eigenvalue weighted by molar-refractivity contribution is -0.212. The fourth-order valence-corrected chi connectivity index (χ4v) is 3.29. The van der Waals surface area contributed by atoms with E-state index in [0.717, 1.165) is 13.2 Å². The summed E-state index contributed by atoms with van der Waals surface area (Å²) in [6.45, 7) is 5.71. The Morgan fingerprint density at radius 1 is 1.38 bits per heavy atom. The molecule has 2 rings (SSSR count). The molecule has 0 aromatic heterocycles. The van der Waals surface area contributed by atoms with Gasteiger partial charge in [0, 0.05) is 5.41 Å². The van der Waals surface area contributed by atoms with Gasteiger partial charge in [-0.2, -0.15) is 0 Å². The molecule has 0 bridgehead atoms. The molecule has 1 aliphatic heterocycles. The van der Waals surface area contributed by atoms with Gasteiger partial charge in [0.1, 0.15) is 0 Å². The predicted octanol–water partition coefficient (Wildman–Crippen LogP) is 2.25. The Morgan fingerprint density at radius 3 is 2.25 bits per heavy atom. The summed E-state index contributed by atoms with van der Waals surface area (Å²) in [6, 6.07) is 0. The lowest BCUT2D eigenvalue weighted by Crippen LogP contribution is -2.59. The number of hydrogen-bond acceptors (Lipinski definition) is 3. The fourth-order valence-electron chi connectivity index (χ4n) is 3.29. The molecule has 1 heterocycles. The van der Waals surface area contributed by atoms with Crippen LogP contribution in [0.25, 0.3) is 0 Å². The zero-order chi connectivity index (χ0) is 11.8. The highest BCUT2D eigenvalue weighted by molar-refractivity contribution is 5.74. The monoisotopic (exact) mass is 226 g/mol. The number of hydrogen-bond donors (Lipinski definition) is 0. The molecule has 1 saturated heterocycles. The molecule has 0 amide bonds. The normalized spacial score (nSPS) is 25.8. The van der Waals surface area contributed by atoms with Crippen LogP contribution in [0, 0.1) is 23.2 Å². The average Bonchev–Trinajstić information content (AvgIpc) is 2.10. The summed E-state index contributed by atoms with van der Waals surface area (Å²) in [5.74, 6) is 0.964. The van der Waals surface area contributed by atoms with Crippen molar-refractivity contribution in [3.8, 4) is 0 Å². The molecule has 3 heteroatoms. The van der Waals surface area contributed by atoms with Gasteiger partial charge in [-0.1, -0.05) is 20.3 Å². The van der Waals surface area contributed by atoms with E-state index in [0.29, 0.717) is 11.8 Å². The molecule has 1 atom stereocenters. The lowest BCUT2D eigenvalue weighted by Gasteiger charge is -2.55. The van der Waals surface area contributed by atoms with Crippen LogP contribution in [-0.2, 0) is 14.3 Å². The highest BCUT2D eigenvalue weighted by Gasteiger charge is 2.56. The van der Waals surface area contributed by atoms with Gasteiger partial charge in [0.2, 0.25) is 0 Å². The maximum absolute atomic E-state index is 12.0. The van der Waals surface area contributed by atoms with Crippen molar-refractivity contribution in [1.29, 1.82) is 0 Å². The molecule has 0 aromatic carbocycles. The second-order valence-corrected chi connectivity index (χ2v) is 5.60. The highest BCUT2D eigenvalue weighted by atomic mass is 16.5. The van der Waals surface area contributed by atoms with E-state index in [1.807, 2.05) is 0 Å². The van der Waals surface area contributed by atoms with Gasteiger partial charge in [0.15, 0.2) is 0 Å². The van der Waals surface area contributed by atoms with Gasteiger partial charge in [0.25, 0.3) is 0 Å². The third-order valence-electron chi connectivity index (χ3n) is 4.40. The van der Waals surface area contributed by atoms with Gasteiger partial charge in [-0.25, -0.2) is 0 Å². The largest absolute Gasteiger partial charge is 0.469 e. The molecule has 2 aliphatic rings. The van der Waals surface area contributed by atoms with Crippen LogP contribution in [0.4, 0.5) is 0 Å². The second-order valence-electron chi connectivity index (χ2n) is 5.60. The first-order valence-corrected chi connectivity index (χ1v) is 6.27. The molecule has 1 aliphatic carbocycles. The minimum absolute atomic E-state index is 0.0107. The summed E-state index contributed by atoms with van der Waals surface area (Å²) >= 11 is 0. The van der Waals surface area contributed by atoms with Gasteiger partial charge in [0.05, 0.1) is 26.2 Å². The van der Waals surface area contributed by atoms with E-state index in [-0.39, 0.29) is 17.3 Å². The lowest BCUT2D eigenvalue weighted by atomic mass is 9.56. The van der Waals surface area contributed by atoms with Crippen LogP contribution in [0.5, 0.6) is 0 Å². The van der Waals surface area contributed by atoms with Crippen molar-refractivity contribution < 1.29 is 14.3 Å². The molecule has 92 valence electrons. The van der Waals surface area contributed by atoms with E-state index < -0.39 is 0 Å². The van der Waals surface area contributed by atoms with Crippen molar-refractivity contribution in [2.75, 3.05) is 20.3 Å². The molecule has 1 unspecified atom stereocenters. The third-order valence-corrected chi connectivity index (χ3v) is 4.40. The molecule has 3 nitrogen and oxygen atoms in total.